The Kier molecular flexibility index (Phi) is 10.6. The Morgan fingerprint density at radius 3 is 2.62 bits per heavy atom. The highest BCUT2D eigenvalue weighted by atomic mass is 79.9. The van der Waals surface area contributed by atoms with Crippen molar-refractivity contribution in [2.24, 2.45) is 0 Å². The van der Waals surface area contributed by atoms with Crippen LogP contribution < -0.4 is 10.1 Å². The third kappa shape index (κ3) is 8.44. The molecule has 21 heavy (non-hydrogen) atoms. The molecule has 0 radical (unpaired) electrons. The van der Waals surface area contributed by atoms with Crippen molar-refractivity contribution >= 4 is 15.9 Å². The largest absolute Gasteiger partial charge is 0.493 e. The summed E-state index contributed by atoms with van der Waals surface area (Å²) in [6.45, 7) is 8.58. The molecule has 0 fully saturated rings. The van der Waals surface area contributed by atoms with Crippen molar-refractivity contribution in [3.8, 4) is 5.75 Å². The minimum absolute atomic E-state index is 0.764. The van der Waals surface area contributed by atoms with Gasteiger partial charge in [0.1, 0.15) is 5.75 Å². The fraction of sp³-hybridized carbons (Fsp3) is 0.647. The molecule has 0 aromatic heterocycles. The van der Waals surface area contributed by atoms with E-state index in [4.69, 9.17) is 9.47 Å². The van der Waals surface area contributed by atoms with Crippen molar-refractivity contribution < 1.29 is 9.47 Å². The number of hydrogen-bond donors (Lipinski definition) is 1. The van der Waals surface area contributed by atoms with Crippen molar-refractivity contribution in [3.05, 3.63) is 28.2 Å². The SMILES string of the molecule is CCCCOCCCNCc1cc(Br)ccc1OCCC. The van der Waals surface area contributed by atoms with Crippen molar-refractivity contribution in [3.63, 3.8) is 0 Å². The lowest BCUT2D eigenvalue weighted by Crippen LogP contribution is -2.17. The first-order valence-electron chi connectivity index (χ1n) is 7.97. The molecule has 0 saturated carbocycles. The molecule has 0 bridgehead atoms. The van der Waals surface area contributed by atoms with Crippen LogP contribution in [-0.2, 0) is 11.3 Å². The van der Waals surface area contributed by atoms with Crippen LogP contribution in [0.3, 0.4) is 0 Å². The molecule has 1 rings (SSSR count). The van der Waals surface area contributed by atoms with Crippen molar-refractivity contribution in [2.45, 2.75) is 46.1 Å². The molecule has 0 aliphatic heterocycles. The first-order chi connectivity index (χ1) is 10.3. The van der Waals surface area contributed by atoms with E-state index in [0.717, 1.165) is 62.4 Å². The number of hydrogen-bond acceptors (Lipinski definition) is 3. The molecular weight excluding hydrogens is 330 g/mol. The molecule has 0 unspecified atom stereocenters. The maximum Gasteiger partial charge on any atom is 0.123 e. The molecule has 1 aromatic rings. The number of halogens is 1. The lowest BCUT2D eigenvalue weighted by molar-refractivity contribution is 0.128. The average Bonchev–Trinajstić information content (AvgIpc) is 2.49. The zero-order valence-electron chi connectivity index (χ0n) is 13.3. The summed E-state index contributed by atoms with van der Waals surface area (Å²) < 4.78 is 12.4. The fourth-order valence-corrected chi connectivity index (χ4v) is 2.32. The molecule has 0 spiro atoms. The van der Waals surface area contributed by atoms with E-state index in [1.165, 1.54) is 12.0 Å². The third-order valence-electron chi connectivity index (χ3n) is 3.08. The van der Waals surface area contributed by atoms with Gasteiger partial charge in [-0.2, -0.15) is 0 Å². The molecule has 0 atom stereocenters. The highest BCUT2D eigenvalue weighted by Gasteiger charge is 2.04. The quantitative estimate of drug-likeness (QED) is 0.557. The smallest absolute Gasteiger partial charge is 0.123 e. The zero-order chi connectivity index (χ0) is 15.3. The number of unbranched alkanes of at least 4 members (excludes halogenated alkanes) is 1. The van der Waals surface area contributed by atoms with E-state index in [1.54, 1.807) is 0 Å². The summed E-state index contributed by atoms with van der Waals surface area (Å²) in [6, 6.07) is 6.18. The van der Waals surface area contributed by atoms with Crippen molar-refractivity contribution in [2.75, 3.05) is 26.4 Å². The van der Waals surface area contributed by atoms with E-state index in [2.05, 4.69) is 41.2 Å². The second-order valence-corrected chi connectivity index (χ2v) is 6.01. The van der Waals surface area contributed by atoms with Crippen LogP contribution in [0, 0.1) is 0 Å². The molecule has 3 nitrogen and oxygen atoms in total. The summed E-state index contributed by atoms with van der Waals surface area (Å²) in [5.74, 6) is 0.978. The van der Waals surface area contributed by atoms with Crippen LogP contribution in [0.4, 0.5) is 0 Å². The Balaban J connectivity index is 2.25. The van der Waals surface area contributed by atoms with E-state index in [1.807, 2.05) is 12.1 Å². The van der Waals surface area contributed by atoms with Gasteiger partial charge in [-0.05, 0) is 44.0 Å². The molecule has 0 aliphatic carbocycles. The maximum absolute atomic E-state index is 5.78. The summed E-state index contributed by atoms with van der Waals surface area (Å²) in [4.78, 5) is 0. The maximum atomic E-state index is 5.78. The molecule has 1 aromatic carbocycles. The Morgan fingerprint density at radius 1 is 1.05 bits per heavy atom. The molecule has 120 valence electrons. The zero-order valence-corrected chi connectivity index (χ0v) is 14.9. The monoisotopic (exact) mass is 357 g/mol. The molecular formula is C17H28BrNO2. The van der Waals surface area contributed by atoms with Gasteiger partial charge in [0.25, 0.3) is 0 Å². The summed E-state index contributed by atoms with van der Waals surface area (Å²) in [6.07, 6.45) is 4.42. The van der Waals surface area contributed by atoms with Crippen LogP contribution in [0.25, 0.3) is 0 Å². The molecule has 0 saturated heterocycles. The average molecular weight is 358 g/mol. The Bertz CT molecular complexity index is 385. The Labute approximate surface area is 137 Å². The van der Waals surface area contributed by atoms with E-state index < -0.39 is 0 Å². The first kappa shape index (κ1) is 18.5. The van der Waals surface area contributed by atoms with E-state index >= 15 is 0 Å². The number of ether oxygens (including phenoxy) is 2. The molecule has 0 heterocycles. The number of nitrogens with one attached hydrogen (secondary N) is 1. The van der Waals surface area contributed by atoms with Gasteiger partial charge in [-0.15, -0.1) is 0 Å². The predicted octanol–water partition coefficient (Wildman–Crippen LogP) is 4.53. The molecule has 4 heteroatoms. The lowest BCUT2D eigenvalue weighted by Gasteiger charge is -2.12. The fourth-order valence-electron chi connectivity index (χ4n) is 1.91. The van der Waals surface area contributed by atoms with Gasteiger partial charge in [0.05, 0.1) is 6.61 Å². The van der Waals surface area contributed by atoms with Crippen LogP contribution in [0.15, 0.2) is 22.7 Å². The topological polar surface area (TPSA) is 30.5 Å². The van der Waals surface area contributed by atoms with E-state index in [0.29, 0.717) is 0 Å². The lowest BCUT2D eigenvalue weighted by atomic mass is 10.2. The van der Waals surface area contributed by atoms with Gasteiger partial charge in [0.15, 0.2) is 0 Å². The standard InChI is InChI=1S/C17H28BrNO2/c1-3-5-11-20-12-6-9-19-14-15-13-16(18)7-8-17(15)21-10-4-2/h7-8,13,19H,3-6,9-12,14H2,1-2H3. The van der Waals surface area contributed by atoms with Gasteiger partial charge in [-0.3, -0.25) is 0 Å². The molecule has 1 N–H and O–H groups in total. The summed E-state index contributed by atoms with van der Waals surface area (Å²) in [5, 5.41) is 3.46. The van der Waals surface area contributed by atoms with Crippen LogP contribution in [-0.4, -0.2) is 26.4 Å². The van der Waals surface area contributed by atoms with E-state index in [-0.39, 0.29) is 0 Å². The highest BCUT2D eigenvalue weighted by molar-refractivity contribution is 9.10. The summed E-state index contributed by atoms with van der Waals surface area (Å²) >= 11 is 3.52. The highest BCUT2D eigenvalue weighted by Crippen LogP contribution is 2.23. The van der Waals surface area contributed by atoms with E-state index in [9.17, 15) is 0 Å². The Hall–Kier alpha value is -0.580. The normalized spacial score (nSPS) is 10.8. The summed E-state index contributed by atoms with van der Waals surface area (Å²) in [5.41, 5.74) is 1.20. The van der Waals surface area contributed by atoms with Crippen LogP contribution in [0.5, 0.6) is 5.75 Å². The van der Waals surface area contributed by atoms with Gasteiger partial charge in [0, 0.05) is 29.8 Å². The van der Waals surface area contributed by atoms with Gasteiger partial charge in [-0.1, -0.05) is 36.2 Å². The van der Waals surface area contributed by atoms with Crippen LogP contribution >= 0.6 is 15.9 Å². The number of benzene rings is 1. The van der Waals surface area contributed by atoms with Crippen LogP contribution in [0.1, 0.15) is 45.1 Å². The van der Waals surface area contributed by atoms with Gasteiger partial charge >= 0.3 is 0 Å². The van der Waals surface area contributed by atoms with Crippen molar-refractivity contribution in [1.82, 2.24) is 5.32 Å². The third-order valence-corrected chi connectivity index (χ3v) is 3.58. The number of rotatable bonds is 12. The van der Waals surface area contributed by atoms with Crippen LogP contribution in [0.2, 0.25) is 0 Å². The second-order valence-electron chi connectivity index (χ2n) is 5.10. The molecule has 0 amide bonds. The van der Waals surface area contributed by atoms with Gasteiger partial charge in [-0.25, -0.2) is 0 Å². The second kappa shape index (κ2) is 12.0. The van der Waals surface area contributed by atoms with Gasteiger partial charge < -0.3 is 14.8 Å². The predicted molar refractivity (Wildman–Crippen MR) is 92.0 cm³/mol. The minimum atomic E-state index is 0.764. The summed E-state index contributed by atoms with van der Waals surface area (Å²) in [7, 11) is 0. The van der Waals surface area contributed by atoms with Gasteiger partial charge in [0.2, 0.25) is 0 Å². The first-order valence-corrected chi connectivity index (χ1v) is 8.77. The Morgan fingerprint density at radius 2 is 1.86 bits per heavy atom. The molecule has 0 aliphatic rings. The van der Waals surface area contributed by atoms with Crippen molar-refractivity contribution in [1.29, 1.82) is 0 Å². The minimum Gasteiger partial charge on any atom is -0.493 e.